The van der Waals surface area contributed by atoms with Gasteiger partial charge in [0.1, 0.15) is 22.8 Å². The Kier molecular flexibility index (Phi) is 8.99. The number of aliphatic hydroxyl groups excluding tert-OH is 4. The van der Waals surface area contributed by atoms with Gasteiger partial charge in [0.05, 0.1) is 35.7 Å². The first-order valence-corrected chi connectivity index (χ1v) is 11.5. The van der Waals surface area contributed by atoms with Gasteiger partial charge in [0, 0.05) is 25.0 Å². The second kappa shape index (κ2) is 11.7. The van der Waals surface area contributed by atoms with Gasteiger partial charge in [-0.15, -0.1) is 0 Å². The lowest BCUT2D eigenvalue weighted by Crippen LogP contribution is -2.35. The van der Waals surface area contributed by atoms with E-state index < -0.39 is 36.3 Å². The molecule has 38 heavy (non-hydrogen) atoms. The topological polar surface area (TPSA) is 194 Å². The fraction of sp³-hybridized carbons (Fsp3) is 0.455. The van der Waals surface area contributed by atoms with E-state index in [1.807, 2.05) is 0 Å². The Morgan fingerprint density at radius 1 is 1.18 bits per heavy atom. The van der Waals surface area contributed by atoms with Gasteiger partial charge >= 0.3 is 12.1 Å². The Labute approximate surface area is 218 Å². The summed E-state index contributed by atoms with van der Waals surface area (Å²) < 4.78 is 37.7. The molecule has 208 valence electrons. The highest BCUT2D eigenvalue weighted by molar-refractivity contribution is 6.32. The number of fused-ring (bicyclic) bond motifs is 1. The van der Waals surface area contributed by atoms with Crippen molar-refractivity contribution in [3.63, 3.8) is 0 Å². The number of nitrogens with zero attached hydrogens (tertiary/aromatic N) is 3. The number of carboxylic acid groups (broad SMARTS) is 1. The third-order valence-corrected chi connectivity index (χ3v) is 6.09. The fourth-order valence-corrected chi connectivity index (χ4v) is 4.23. The second-order valence-electron chi connectivity index (χ2n) is 8.41. The Morgan fingerprint density at radius 3 is 2.37 bits per heavy atom. The summed E-state index contributed by atoms with van der Waals surface area (Å²) in [5.41, 5.74) is 2.06. The molecule has 0 radical (unpaired) electrons. The highest BCUT2D eigenvalue weighted by atomic mass is 35.5. The second-order valence-corrected chi connectivity index (χ2v) is 8.77. The summed E-state index contributed by atoms with van der Waals surface area (Å²) in [5, 5.41) is 53.4. The smallest absolute Gasteiger partial charge is 0.475 e. The number of nitrogens with one attached hydrogen (secondary N) is 2. The third kappa shape index (κ3) is 6.24. The molecule has 7 N–H and O–H groups in total. The van der Waals surface area contributed by atoms with Crippen LogP contribution in [0.2, 0.25) is 5.15 Å². The summed E-state index contributed by atoms with van der Waals surface area (Å²) in [6.07, 6.45) is -6.88. The third-order valence-electron chi connectivity index (χ3n) is 5.82. The molecule has 1 aliphatic rings. The molecule has 0 bridgehead atoms. The molecule has 0 aromatic carbocycles. The number of furan rings is 1. The van der Waals surface area contributed by atoms with Crippen LogP contribution in [0.1, 0.15) is 17.8 Å². The van der Waals surface area contributed by atoms with Gasteiger partial charge in [0.2, 0.25) is 5.95 Å². The van der Waals surface area contributed by atoms with Gasteiger partial charge in [0.15, 0.2) is 5.58 Å². The number of halogens is 4. The summed E-state index contributed by atoms with van der Waals surface area (Å²) >= 11 is 6.48. The van der Waals surface area contributed by atoms with Crippen LogP contribution in [0.5, 0.6) is 0 Å². The van der Waals surface area contributed by atoms with Crippen LogP contribution in [0.4, 0.5) is 24.9 Å². The molecule has 0 amide bonds. The first-order chi connectivity index (χ1) is 17.8. The normalized spacial score (nSPS) is 21.2. The van der Waals surface area contributed by atoms with Crippen LogP contribution in [-0.2, 0) is 11.4 Å². The lowest BCUT2D eigenvalue weighted by Gasteiger charge is -2.20. The summed E-state index contributed by atoms with van der Waals surface area (Å²) in [5.74, 6) is -2.25. The number of pyridine rings is 1. The summed E-state index contributed by atoms with van der Waals surface area (Å²) in [6, 6.07) is 2.92. The SMILES string of the molecule is CNc1nc(Cl)c(-c2cc3cc(CO)nc(C)c3o2)c(N[C@@H]2C[C@H](CO)[C@@H](O)[C@H]2O)n1.O=C(O)C(F)(F)F. The molecule has 3 heterocycles. The fourth-order valence-electron chi connectivity index (χ4n) is 3.97. The molecular weight excluding hydrogens is 539 g/mol. The first-order valence-electron chi connectivity index (χ1n) is 11.1. The number of hydrogen-bond acceptors (Lipinski definition) is 11. The van der Waals surface area contributed by atoms with E-state index in [4.69, 9.17) is 25.9 Å². The summed E-state index contributed by atoms with van der Waals surface area (Å²) in [4.78, 5) is 21.9. The summed E-state index contributed by atoms with van der Waals surface area (Å²) in [7, 11) is 1.65. The van der Waals surface area contributed by atoms with E-state index in [1.165, 1.54) is 0 Å². The minimum Gasteiger partial charge on any atom is -0.475 e. The van der Waals surface area contributed by atoms with Gasteiger partial charge in [-0.1, -0.05) is 11.6 Å². The van der Waals surface area contributed by atoms with E-state index >= 15 is 0 Å². The van der Waals surface area contributed by atoms with Crippen molar-refractivity contribution in [2.45, 2.75) is 44.4 Å². The van der Waals surface area contributed by atoms with Crippen LogP contribution in [0, 0.1) is 12.8 Å². The summed E-state index contributed by atoms with van der Waals surface area (Å²) in [6.45, 7) is 1.35. The van der Waals surface area contributed by atoms with Gasteiger partial charge in [-0.25, -0.2) is 9.78 Å². The van der Waals surface area contributed by atoms with Crippen molar-refractivity contribution in [2.24, 2.45) is 5.92 Å². The zero-order chi connectivity index (χ0) is 28.4. The molecule has 1 aliphatic carbocycles. The zero-order valence-electron chi connectivity index (χ0n) is 20.0. The highest BCUT2D eigenvalue weighted by Gasteiger charge is 2.42. The molecule has 0 aliphatic heterocycles. The maximum Gasteiger partial charge on any atom is 0.490 e. The lowest BCUT2D eigenvalue weighted by atomic mass is 10.1. The molecule has 4 rings (SSSR count). The van der Waals surface area contributed by atoms with E-state index in [0.29, 0.717) is 40.5 Å². The van der Waals surface area contributed by atoms with E-state index in [1.54, 1.807) is 26.1 Å². The molecule has 1 fully saturated rings. The predicted octanol–water partition coefficient (Wildman–Crippen LogP) is 1.93. The average molecular weight is 564 g/mol. The molecule has 3 aromatic heterocycles. The van der Waals surface area contributed by atoms with Crippen molar-refractivity contribution < 1.29 is 47.9 Å². The number of anilines is 2. The standard InChI is InChI=1S/C20H24ClN5O5.C2HF3O2/c1-8-17-9(3-11(7-28)23-8)5-13(31-17)14-18(21)25-20(22-2)26-19(14)24-12-4-10(6-27)15(29)16(12)30;3-2(4,5)1(6)7/h3,5,10,12,15-16,27-30H,4,6-7H2,1-2H3,(H2,22,24,25,26);(H,6,7)/t10-,12-,15-,16+;/m1./s1. The van der Waals surface area contributed by atoms with E-state index in [2.05, 4.69) is 25.6 Å². The molecule has 0 spiro atoms. The van der Waals surface area contributed by atoms with Gasteiger partial charge in [-0.2, -0.15) is 18.2 Å². The Morgan fingerprint density at radius 2 is 1.84 bits per heavy atom. The van der Waals surface area contributed by atoms with Crippen molar-refractivity contribution >= 4 is 40.3 Å². The van der Waals surface area contributed by atoms with Crippen molar-refractivity contribution in [2.75, 3.05) is 24.3 Å². The van der Waals surface area contributed by atoms with Crippen LogP contribution < -0.4 is 10.6 Å². The maximum atomic E-state index is 10.6. The van der Waals surface area contributed by atoms with Crippen LogP contribution in [0.15, 0.2) is 16.5 Å². The Hall–Kier alpha value is -3.24. The van der Waals surface area contributed by atoms with E-state index in [9.17, 15) is 33.6 Å². The molecule has 1 saturated carbocycles. The number of aromatic nitrogens is 3. The molecule has 4 atom stereocenters. The number of alkyl halides is 3. The molecule has 16 heteroatoms. The Bertz CT molecular complexity index is 1310. The van der Waals surface area contributed by atoms with Crippen molar-refractivity contribution in [1.82, 2.24) is 15.0 Å². The van der Waals surface area contributed by atoms with Crippen molar-refractivity contribution in [1.29, 1.82) is 0 Å². The van der Waals surface area contributed by atoms with Crippen molar-refractivity contribution in [3.05, 3.63) is 28.7 Å². The molecule has 3 aromatic rings. The van der Waals surface area contributed by atoms with Crippen LogP contribution >= 0.6 is 11.6 Å². The maximum absolute atomic E-state index is 10.6. The van der Waals surface area contributed by atoms with Crippen LogP contribution in [0.25, 0.3) is 22.3 Å². The number of hydrogen-bond donors (Lipinski definition) is 7. The number of rotatable bonds is 6. The van der Waals surface area contributed by atoms with Gasteiger partial charge < -0.3 is 40.6 Å². The number of carbonyl (C=O) groups is 1. The lowest BCUT2D eigenvalue weighted by molar-refractivity contribution is -0.192. The zero-order valence-corrected chi connectivity index (χ0v) is 20.7. The predicted molar refractivity (Wildman–Crippen MR) is 129 cm³/mol. The van der Waals surface area contributed by atoms with Gasteiger partial charge in [-0.3, -0.25) is 4.98 Å². The van der Waals surface area contributed by atoms with Gasteiger partial charge in [-0.05, 0) is 25.5 Å². The molecule has 0 saturated heterocycles. The number of aryl methyl sites for hydroxylation is 1. The average Bonchev–Trinajstić information content (AvgIpc) is 3.39. The molecule has 0 unspecified atom stereocenters. The minimum atomic E-state index is -5.08. The quantitative estimate of drug-likeness (QED) is 0.216. The monoisotopic (exact) mass is 563 g/mol. The minimum absolute atomic E-state index is 0.126. The highest BCUT2D eigenvalue weighted by Crippen LogP contribution is 2.39. The molecular formula is C22H25ClF3N5O7. The number of aliphatic carboxylic acids is 1. The largest absolute Gasteiger partial charge is 0.490 e. The number of carboxylic acids is 1. The van der Waals surface area contributed by atoms with Crippen LogP contribution in [0.3, 0.4) is 0 Å². The van der Waals surface area contributed by atoms with Crippen LogP contribution in [-0.4, -0.2) is 84.5 Å². The van der Waals surface area contributed by atoms with E-state index in [-0.39, 0.29) is 24.3 Å². The Balaban J connectivity index is 0.000000505. The first kappa shape index (κ1) is 29.3. The van der Waals surface area contributed by atoms with E-state index in [0.717, 1.165) is 5.39 Å². The van der Waals surface area contributed by atoms with Crippen molar-refractivity contribution in [3.8, 4) is 11.3 Å². The van der Waals surface area contributed by atoms with Gasteiger partial charge in [0.25, 0.3) is 0 Å². The molecule has 12 nitrogen and oxygen atoms in total. The number of aliphatic hydroxyl groups is 4.